The second kappa shape index (κ2) is 9.04. The molecule has 0 amide bonds. The molecule has 0 saturated carbocycles. The average Bonchev–Trinajstić information content (AvgIpc) is 3.05. The van der Waals surface area contributed by atoms with E-state index >= 15 is 0 Å². The lowest BCUT2D eigenvalue weighted by Crippen LogP contribution is -2.19. The van der Waals surface area contributed by atoms with Crippen molar-refractivity contribution in [2.24, 2.45) is 0 Å². The number of aromatic nitrogens is 1. The maximum Gasteiger partial charge on any atom is 0.167 e. The summed E-state index contributed by atoms with van der Waals surface area (Å²) in [5, 5.41) is 14.4. The Balaban J connectivity index is 0.00000243. The zero-order valence-corrected chi connectivity index (χ0v) is 15.5. The van der Waals surface area contributed by atoms with Crippen LogP contribution >= 0.6 is 12.4 Å². The third-order valence-corrected chi connectivity index (χ3v) is 3.75. The molecular formula is C20H20ClN3O2. The summed E-state index contributed by atoms with van der Waals surface area (Å²) in [6.45, 7) is 1.50. The molecule has 26 heavy (non-hydrogen) atoms. The molecule has 2 aromatic carbocycles. The molecule has 0 aliphatic heterocycles. The Morgan fingerprint density at radius 3 is 2.62 bits per heavy atom. The number of rotatable bonds is 6. The zero-order valence-electron chi connectivity index (χ0n) is 14.7. The first kappa shape index (κ1) is 19.5. The van der Waals surface area contributed by atoms with Gasteiger partial charge in [0.15, 0.2) is 5.58 Å². The summed E-state index contributed by atoms with van der Waals surface area (Å²) < 4.78 is 11.0. The van der Waals surface area contributed by atoms with Crippen molar-refractivity contribution in [3.8, 4) is 11.8 Å². The van der Waals surface area contributed by atoms with Gasteiger partial charge in [-0.2, -0.15) is 5.26 Å². The molecule has 0 spiro atoms. The molecule has 0 bridgehead atoms. The standard InChI is InChI=1S/C20H19N3O2.ClH/c1-23(2)11-12-24-17-9-7-15(8-10-17)13-16(14-21)20-18-5-3-4-6-19(18)25-22-20;/h3-10,13H,11-12H2,1-2H3;1H/b16-13+;. The van der Waals surface area contributed by atoms with E-state index in [9.17, 15) is 5.26 Å². The molecule has 0 saturated heterocycles. The predicted molar refractivity (Wildman–Crippen MR) is 105 cm³/mol. The maximum atomic E-state index is 9.51. The largest absolute Gasteiger partial charge is 0.492 e. The summed E-state index contributed by atoms with van der Waals surface area (Å²) in [6, 6.07) is 17.4. The minimum absolute atomic E-state index is 0. The van der Waals surface area contributed by atoms with Crippen molar-refractivity contribution in [2.45, 2.75) is 0 Å². The van der Waals surface area contributed by atoms with E-state index in [1.807, 2.05) is 62.6 Å². The van der Waals surface area contributed by atoms with Crippen LogP contribution in [-0.4, -0.2) is 37.3 Å². The number of para-hydroxylation sites is 1. The Labute approximate surface area is 158 Å². The highest BCUT2D eigenvalue weighted by Crippen LogP contribution is 2.26. The number of allylic oxidation sites excluding steroid dienone is 1. The first-order valence-electron chi connectivity index (χ1n) is 8.01. The van der Waals surface area contributed by atoms with Gasteiger partial charge in [-0.15, -0.1) is 12.4 Å². The van der Waals surface area contributed by atoms with Crippen LogP contribution in [0.5, 0.6) is 5.75 Å². The smallest absolute Gasteiger partial charge is 0.167 e. The van der Waals surface area contributed by atoms with Crippen LogP contribution in [0.4, 0.5) is 0 Å². The van der Waals surface area contributed by atoms with Crippen LogP contribution in [0.25, 0.3) is 22.6 Å². The van der Waals surface area contributed by atoms with Crippen molar-refractivity contribution in [3.05, 3.63) is 59.8 Å². The van der Waals surface area contributed by atoms with E-state index in [1.54, 1.807) is 6.08 Å². The summed E-state index contributed by atoms with van der Waals surface area (Å²) in [5.41, 5.74) is 2.60. The Morgan fingerprint density at radius 1 is 1.19 bits per heavy atom. The molecule has 0 aliphatic rings. The van der Waals surface area contributed by atoms with Crippen molar-refractivity contribution >= 4 is 35.0 Å². The van der Waals surface area contributed by atoms with Crippen molar-refractivity contribution in [1.29, 1.82) is 5.26 Å². The van der Waals surface area contributed by atoms with Gasteiger partial charge in [0, 0.05) is 6.54 Å². The van der Waals surface area contributed by atoms with Crippen LogP contribution in [0.1, 0.15) is 11.3 Å². The van der Waals surface area contributed by atoms with Crippen LogP contribution in [0.2, 0.25) is 0 Å². The lowest BCUT2D eigenvalue weighted by atomic mass is 10.1. The number of nitriles is 1. The molecule has 6 heteroatoms. The summed E-state index contributed by atoms with van der Waals surface area (Å²) in [7, 11) is 4.02. The molecule has 0 aliphatic carbocycles. The van der Waals surface area contributed by atoms with Crippen LogP contribution in [-0.2, 0) is 0 Å². The van der Waals surface area contributed by atoms with Crippen LogP contribution in [0, 0.1) is 11.3 Å². The van der Waals surface area contributed by atoms with Crippen molar-refractivity contribution in [3.63, 3.8) is 0 Å². The van der Waals surface area contributed by atoms with Gasteiger partial charge >= 0.3 is 0 Å². The predicted octanol–water partition coefficient (Wildman–Crippen LogP) is 4.25. The molecule has 0 radical (unpaired) electrons. The van der Waals surface area contributed by atoms with E-state index in [0.29, 0.717) is 23.5 Å². The van der Waals surface area contributed by atoms with Gasteiger partial charge in [-0.1, -0.05) is 29.4 Å². The van der Waals surface area contributed by atoms with Crippen LogP contribution in [0.3, 0.4) is 0 Å². The Kier molecular flexibility index (Phi) is 6.79. The van der Waals surface area contributed by atoms with Crippen molar-refractivity contribution in [2.75, 3.05) is 27.2 Å². The van der Waals surface area contributed by atoms with E-state index in [0.717, 1.165) is 23.2 Å². The SMILES string of the molecule is CN(C)CCOc1ccc(/C=C(\C#N)c2noc3ccccc23)cc1.Cl. The zero-order chi connectivity index (χ0) is 17.6. The average molecular weight is 370 g/mol. The fraction of sp³-hybridized carbons (Fsp3) is 0.200. The molecule has 0 atom stereocenters. The lowest BCUT2D eigenvalue weighted by molar-refractivity contribution is 0.261. The van der Waals surface area contributed by atoms with Gasteiger partial charge in [-0.3, -0.25) is 0 Å². The number of ether oxygens (including phenoxy) is 1. The molecule has 3 aromatic rings. The van der Waals surface area contributed by atoms with Gasteiger partial charge in [0.25, 0.3) is 0 Å². The number of benzene rings is 2. The second-order valence-electron chi connectivity index (χ2n) is 5.92. The number of hydrogen-bond acceptors (Lipinski definition) is 5. The van der Waals surface area contributed by atoms with Crippen LogP contribution < -0.4 is 4.74 Å². The Hall–Kier alpha value is -2.81. The summed E-state index contributed by atoms with van der Waals surface area (Å²) in [4.78, 5) is 2.07. The van der Waals surface area contributed by atoms with E-state index in [1.165, 1.54) is 0 Å². The minimum Gasteiger partial charge on any atom is -0.492 e. The van der Waals surface area contributed by atoms with Gasteiger partial charge in [0.05, 0.1) is 11.0 Å². The summed E-state index contributed by atoms with van der Waals surface area (Å²) in [5.74, 6) is 0.810. The molecule has 0 unspecified atom stereocenters. The minimum atomic E-state index is 0. The van der Waals surface area contributed by atoms with E-state index in [2.05, 4.69) is 16.1 Å². The van der Waals surface area contributed by atoms with E-state index in [-0.39, 0.29) is 12.4 Å². The van der Waals surface area contributed by atoms with E-state index < -0.39 is 0 Å². The van der Waals surface area contributed by atoms with Crippen LogP contribution in [0.15, 0.2) is 53.1 Å². The van der Waals surface area contributed by atoms with Crippen molar-refractivity contribution in [1.82, 2.24) is 10.1 Å². The normalized spacial score (nSPS) is 11.2. The van der Waals surface area contributed by atoms with Crippen molar-refractivity contribution < 1.29 is 9.26 Å². The first-order chi connectivity index (χ1) is 12.2. The maximum absolute atomic E-state index is 9.51. The molecule has 134 valence electrons. The van der Waals surface area contributed by atoms with Gasteiger partial charge in [0.2, 0.25) is 0 Å². The molecule has 1 aromatic heterocycles. The molecule has 5 nitrogen and oxygen atoms in total. The summed E-state index contributed by atoms with van der Waals surface area (Å²) >= 11 is 0. The molecule has 3 rings (SSSR count). The second-order valence-corrected chi connectivity index (χ2v) is 5.92. The highest BCUT2D eigenvalue weighted by molar-refractivity contribution is 5.98. The first-order valence-corrected chi connectivity index (χ1v) is 8.01. The molecular weight excluding hydrogens is 350 g/mol. The highest BCUT2D eigenvalue weighted by Gasteiger charge is 2.12. The number of hydrogen-bond donors (Lipinski definition) is 0. The Bertz CT molecular complexity index is 924. The lowest BCUT2D eigenvalue weighted by Gasteiger charge is -2.10. The quantitative estimate of drug-likeness (QED) is 0.608. The van der Waals surface area contributed by atoms with Gasteiger partial charge in [-0.05, 0) is 50.0 Å². The molecule has 0 N–H and O–H groups in total. The fourth-order valence-corrected chi connectivity index (χ4v) is 2.41. The molecule has 1 heterocycles. The number of likely N-dealkylation sites (N-methyl/N-ethyl adjacent to an activating group) is 1. The molecule has 0 fully saturated rings. The van der Waals surface area contributed by atoms with Gasteiger partial charge < -0.3 is 14.2 Å². The third kappa shape index (κ3) is 4.63. The van der Waals surface area contributed by atoms with Gasteiger partial charge in [0.1, 0.15) is 24.1 Å². The number of nitrogens with zero attached hydrogens (tertiary/aromatic N) is 3. The Morgan fingerprint density at radius 2 is 1.92 bits per heavy atom. The summed E-state index contributed by atoms with van der Waals surface area (Å²) in [6.07, 6.45) is 1.80. The van der Waals surface area contributed by atoms with Gasteiger partial charge in [-0.25, -0.2) is 0 Å². The number of fused-ring (bicyclic) bond motifs is 1. The fourth-order valence-electron chi connectivity index (χ4n) is 2.41. The van der Waals surface area contributed by atoms with E-state index in [4.69, 9.17) is 9.26 Å². The third-order valence-electron chi connectivity index (χ3n) is 3.75. The highest BCUT2D eigenvalue weighted by atomic mass is 35.5. The number of halogens is 1. The monoisotopic (exact) mass is 369 g/mol. The topological polar surface area (TPSA) is 62.3 Å².